The molecule has 0 saturated carbocycles. The van der Waals surface area contributed by atoms with Crippen molar-refractivity contribution in [1.29, 1.82) is 0 Å². The summed E-state index contributed by atoms with van der Waals surface area (Å²) in [5, 5.41) is 10.1. The third kappa shape index (κ3) is 5.41. The maximum atomic E-state index is 13.2. The molecular weight excluding hydrogens is 508 g/mol. The Morgan fingerprint density at radius 2 is 1.73 bits per heavy atom. The van der Waals surface area contributed by atoms with Crippen molar-refractivity contribution in [3.63, 3.8) is 0 Å². The monoisotopic (exact) mass is 542 g/mol. The maximum absolute atomic E-state index is 13.2. The molecule has 208 valence electrons. The molecule has 0 radical (unpaired) electrons. The van der Waals surface area contributed by atoms with Gasteiger partial charge in [-0.25, -0.2) is 14.8 Å². The Balaban J connectivity index is 1.19. The lowest BCUT2D eigenvalue weighted by molar-refractivity contribution is 0.0249. The van der Waals surface area contributed by atoms with Gasteiger partial charge >= 0.3 is 6.03 Å². The molecule has 3 aromatic rings. The minimum Gasteiger partial charge on any atom is -0.453 e. The maximum Gasteiger partial charge on any atom is 0.323 e. The quantitative estimate of drug-likeness (QED) is 0.425. The number of benzene rings is 3. The van der Waals surface area contributed by atoms with E-state index in [0.29, 0.717) is 42.8 Å². The number of rotatable bonds is 4. The summed E-state index contributed by atoms with van der Waals surface area (Å²) >= 11 is 0. The van der Waals surface area contributed by atoms with Gasteiger partial charge in [-0.1, -0.05) is 45.0 Å². The van der Waals surface area contributed by atoms with E-state index in [4.69, 9.17) is 19.2 Å². The number of anilines is 3. The lowest BCUT2D eigenvalue weighted by Gasteiger charge is -2.30. The molecule has 3 heterocycles. The fourth-order valence-electron chi connectivity index (χ4n) is 4.93. The summed E-state index contributed by atoms with van der Waals surface area (Å²) < 4.78 is 16.7. The van der Waals surface area contributed by atoms with Crippen LogP contribution in [0.5, 0.6) is 11.5 Å². The number of nitrogens with zero attached hydrogens (tertiary/aromatic N) is 3. The van der Waals surface area contributed by atoms with Gasteiger partial charge in [-0.3, -0.25) is 0 Å². The number of amides is 2. The summed E-state index contributed by atoms with van der Waals surface area (Å²) in [6.07, 6.45) is 4.01. The van der Waals surface area contributed by atoms with E-state index < -0.39 is 0 Å². The first kappa shape index (κ1) is 26.0. The molecule has 40 heavy (non-hydrogen) atoms. The van der Waals surface area contributed by atoms with Crippen LogP contribution in [0.25, 0.3) is 10.8 Å². The zero-order valence-electron chi connectivity index (χ0n) is 23.0. The Hall–Kier alpha value is -4.28. The Kier molecular flexibility index (Phi) is 6.95. The minimum atomic E-state index is -0.358. The summed E-state index contributed by atoms with van der Waals surface area (Å²) in [4.78, 5) is 20.0. The molecule has 0 spiro atoms. The van der Waals surface area contributed by atoms with Crippen LogP contribution in [0.15, 0.2) is 65.8 Å². The van der Waals surface area contributed by atoms with Crippen molar-refractivity contribution in [2.75, 3.05) is 55.3 Å². The number of hydrazine groups is 1. The fourth-order valence-corrected chi connectivity index (χ4v) is 4.93. The van der Waals surface area contributed by atoms with Crippen molar-refractivity contribution in [2.24, 2.45) is 4.99 Å². The average Bonchev–Trinajstić information content (AvgIpc) is 3.43. The number of carbonyl (C=O) groups excluding carboxylic acids is 1. The van der Waals surface area contributed by atoms with Crippen LogP contribution < -0.4 is 30.4 Å². The van der Waals surface area contributed by atoms with Crippen LogP contribution in [0.4, 0.5) is 21.9 Å². The number of aliphatic imine (C=N–C) groups is 1. The second-order valence-electron chi connectivity index (χ2n) is 10.9. The second-order valence-corrected chi connectivity index (χ2v) is 10.9. The number of carbonyl (C=O) groups is 1. The van der Waals surface area contributed by atoms with Crippen LogP contribution in [0.2, 0.25) is 0 Å². The minimum absolute atomic E-state index is 0.119. The predicted octanol–water partition coefficient (Wildman–Crippen LogP) is 5.04. The highest BCUT2D eigenvalue weighted by atomic mass is 16.7. The Labute approximate surface area is 233 Å². The summed E-state index contributed by atoms with van der Waals surface area (Å²) in [5.41, 5.74) is 6.58. The summed E-state index contributed by atoms with van der Waals surface area (Å²) in [7, 11) is 0. The molecule has 0 aromatic heterocycles. The van der Waals surface area contributed by atoms with E-state index >= 15 is 0 Å². The number of morpholine rings is 1. The molecule has 0 unspecified atom stereocenters. The van der Waals surface area contributed by atoms with Crippen molar-refractivity contribution in [1.82, 2.24) is 10.4 Å². The van der Waals surface area contributed by atoms with Crippen molar-refractivity contribution >= 4 is 39.7 Å². The van der Waals surface area contributed by atoms with Gasteiger partial charge in [0.2, 0.25) is 6.79 Å². The van der Waals surface area contributed by atoms with Gasteiger partial charge < -0.3 is 35.2 Å². The lowest BCUT2D eigenvalue weighted by Crippen LogP contribution is -2.48. The lowest BCUT2D eigenvalue weighted by atomic mass is 9.86. The second kappa shape index (κ2) is 10.7. The first-order valence-corrected chi connectivity index (χ1v) is 13.5. The summed E-state index contributed by atoms with van der Waals surface area (Å²) in [6.45, 7) is 10.1. The molecule has 3 aliphatic rings. The van der Waals surface area contributed by atoms with Gasteiger partial charge in [0.1, 0.15) is 12.5 Å². The number of amidine groups is 1. The van der Waals surface area contributed by atoms with E-state index in [2.05, 4.69) is 52.8 Å². The van der Waals surface area contributed by atoms with Gasteiger partial charge in [0, 0.05) is 30.1 Å². The third-order valence-electron chi connectivity index (χ3n) is 7.13. The van der Waals surface area contributed by atoms with Crippen molar-refractivity contribution in [2.45, 2.75) is 26.2 Å². The standard InChI is InChI=1S/C30H34N6O4/c1-30(2,3)20-16-24(28-26(17-20)39-19-40-28)33-29(37)32-23-8-9-25(22-7-5-4-6-21(22)23)35-11-10-27(31-18-35)34-36-12-14-38-15-13-36/h4-11,16-17H,12-15,18-19H2,1-3H3,(H,31,34)(H2,32,33,37). The average molecular weight is 543 g/mol. The molecule has 10 heteroatoms. The van der Waals surface area contributed by atoms with Crippen molar-refractivity contribution in [3.05, 3.63) is 66.4 Å². The van der Waals surface area contributed by atoms with Crippen molar-refractivity contribution < 1.29 is 19.0 Å². The molecule has 6 rings (SSSR count). The molecule has 2 amide bonds. The fraction of sp³-hybridized carbons (Fsp3) is 0.333. The van der Waals surface area contributed by atoms with E-state index in [9.17, 15) is 4.79 Å². The van der Waals surface area contributed by atoms with Gasteiger partial charge in [0.15, 0.2) is 11.5 Å². The van der Waals surface area contributed by atoms with Crippen LogP contribution in [-0.2, 0) is 10.2 Å². The van der Waals surface area contributed by atoms with Crippen LogP contribution in [0.1, 0.15) is 26.3 Å². The molecule has 1 fully saturated rings. The Morgan fingerprint density at radius 1 is 0.950 bits per heavy atom. The van der Waals surface area contributed by atoms with E-state index in [1.165, 1.54) is 0 Å². The molecule has 10 nitrogen and oxygen atoms in total. The number of hydrogen-bond acceptors (Lipinski definition) is 8. The van der Waals surface area contributed by atoms with Gasteiger partial charge in [-0.15, -0.1) is 0 Å². The van der Waals surface area contributed by atoms with E-state index in [1.807, 2.05) is 54.7 Å². The van der Waals surface area contributed by atoms with Gasteiger partial charge in [-0.2, -0.15) is 0 Å². The molecule has 0 aliphatic carbocycles. The Morgan fingerprint density at radius 3 is 2.48 bits per heavy atom. The summed E-state index contributed by atoms with van der Waals surface area (Å²) in [5.74, 6) is 2.01. The zero-order chi connectivity index (χ0) is 27.7. The SMILES string of the molecule is CC(C)(C)c1cc(NC(=O)Nc2ccc(N3C=CC(NN4CCOCC4)=NC3)c3ccccc23)c2c(c1)OCO2. The third-order valence-corrected chi connectivity index (χ3v) is 7.13. The van der Waals surface area contributed by atoms with Crippen LogP contribution in [0.3, 0.4) is 0 Å². The highest BCUT2D eigenvalue weighted by Gasteiger charge is 2.25. The molecule has 3 aliphatic heterocycles. The van der Waals surface area contributed by atoms with Crippen LogP contribution in [0, 0.1) is 0 Å². The van der Waals surface area contributed by atoms with Gasteiger partial charge in [-0.05, 0) is 41.3 Å². The predicted molar refractivity (Wildman–Crippen MR) is 157 cm³/mol. The zero-order valence-corrected chi connectivity index (χ0v) is 23.0. The number of nitrogens with one attached hydrogen (secondary N) is 3. The normalized spacial score (nSPS) is 17.1. The molecular formula is C30H34N6O4. The highest BCUT2D eigenvalue weighted by molar-refractivity contribution is 6.10. The van der Waals surface area contributed by atoms with Crippen LogP contribution in [-0.4, -0.2) is 56.6 Å². The molecule has 0 atom stereocenters. The number of urea groups is 1. The van der Waals surface area contributed by atoms with Gasteiger partial charge in [0.05, 0.1) is 30.3 Å². The van der Waals surface area contributed by atoms with E-state index in [-0.39, 0.29) is 18.2 Å². The smallest absolute Gasteiger partial charge is 0.323 e. The van der Waals surface area contributed by atoms with E-state index in [1.54, 1.807) is 0 Å². The largest absolute Gasteiger partial charge is 0.453 e. The summed E-state index contributed by atoms with van der Waals surface area (Å²) in [6, 6.07) is 15.5. The molecule has 1 saturated heterocycles. The first-order chi connectivity index (χ1) is 19.3. The molecule has 3 N–H and O–H groups in total. The van der Waals surface area contributed by atoms with Crippen LogP contribution >= 0.6 is 0 Å². The topological polar surface area (TPSA) is 99.7 Å². The number of fused-ring (bicyclic) bond motifs is 2. The highest BCUT2D eigenvalue weighted by Crippen LogP contribution is 2.43. The first-order valence-electron chi connectivity index (χ1n) is 13.5. The van der Waals surface area contributed by atoms with Gasteiger partial charge in [0.25, 0.3) is 0 Å². The van der Waals surface area contributed by atoms with Crippen molar-refractivity contribution in [3.8, 4) is 11.5 Å². The Bertz CT molecular complexity index is 1490. The van der Waals surface area contributed by atoms with E-state index in [0.717, 1.165) is 40.9 Å². The molecule has 0 bridgehead atoms. The number of ether oxygens (including phenoxy) is 3. The number of hydrogen-bond donors (Lipinski definition) is 3. The molecule has 3 aromatic carbocycles.